The predicted octanol–water partition coefficient (Wildman–Crippen LogP) is 8.68. The number of thiazole rings is 2. The number of carbonyl (C=O) groups excluding carboxylic acids is 2. The van der Waals surface area contributed by atoms with Crippen molar-refractivity contribution >= 4 is 87.6 Å². The van der Waals surface area contributed by atoms with Crippen molar-refractivity contribution in [2.45, 2.75) is 85.5 Å². The number of nitrogens with zero attached hydrogens (tertiary/aromatic N) is 5. The first-order valence-corrected chi connectivity index (χ1v) is 20.1. The second-order valence-corrected chi connectivity index (χ2v) is 17.1. The maximum absolute atomic E-state index is 11.8. The van der Waals surface area contributed by atoms with E-state index in [1.807, 2.05) is 12.1 Å². The summed E-state index contributed by atoms with van der Waals surface area (Å²) in [6.45, 7) is 15.3. The van der Waals surface area contributed by atoms with Crippen LogP contribution in [-0.4, -0.2) is 55.3 Å². The normalized spacial score (nSPS) is 20.2. The summed E-state index contributed by atoms with van der Waals surface area (Å²) < 4.78 is 2.24. The fourth-order valence-electron chi connectivity index (χ4n) is 7.18. The summed E-state index contributed by atoms with van der Waals surface area (Å²) in [4.78, 5) is 46.6. The summed E-state index contributed by atoms with van der Waals surface area (Å²) in [5.74, 6) is -0.0908. The Bertz CT molecular complexity index is 2150. The highest BCUT2D eigenvalue weighted by Crippen LogP contribution is 2.50. The average molecular weight is 745 g/mol. The Morgan fingerprint density at radius 1 is 0.800 bits per heavy atom. The zero-order valence-electron chi connectivity index (χ0n) is 29.1. The second kappa shape index (κ2) is 14.2. The molecule has 8 heterocycles. The van der Waals surface area contributed by atoms with Crippen LogP contribution in [-0.2, 0) is 22.4 Å². The summed E-state index contributed by atoms with van der Waals surface area (Å²) in [5, 5.41) is 13.4. The molecule has 0 aromatic carbocycles. The molecule has 0 bridgehead atoms. The van der Waals surface area contributed by atoms with E-state index >= 15 is 0 Å². The highest BCUT2D eigenvalue weighted by atomic mass is 32.1. The lowest BCUT2D eigenvalue weighted by atomic mass is 9.93. The van der Waals surface area contributed by atoms with Gasteiger partial charge in [-0.3, -0.25) is 24.5 Å². The van der Waals surface area contributed by atoms with Crippen LogP contribution in [0.25, 0.3) is 41.6 Å². The number of anilines is 2. The van der Waals surface area contributed by atoms with E-state index in [0.29, 0.717) is 18.1 Å². The lowest BCUT2D eigenvalue weighted by Gasteiger charge is -2.38. The molecule has 0 spiro atoms. The number of hydrogen-bond donors (Lipinski definition) is 3. The van der Waals surface area contributed by atoms with Crippen molar-refractivity contribution in [2.24, 2.45) is 0 Å². The zero-order chi connectivity index (χ0) is 35.3. The highest BCUT2D eigenvalue weighted by Gasteiger charge is 2.35. The van der Waals surface area contributed by atoms with Crippen LogP contribution < -0.4 is 16.0 Å². The minimum atomic E-state index is -0.0497. The van der Waals surface area contributed by atoms with Gasteiger partial charge < -0.3 is 16.0 Å². The van der Waals surface area contributed by atoms with Crippen LogP contribution in [0.3, 0.4) is 0 Å². The SMILES string of the molecule is CC(=O)Nc1sc2c(c1-c1nc3cnccc3s1)CC(C)NC2C.CCN1C(C)Cc2c(sc(NC(C)=O)c2-c2nc3cnccc3s2)C1C. The number of aromatic nitrogens is 4. The van der Waals surface area contributed by atoms with E-state index < -0.39 is 0 Å². The third-order valence-corrected chi connectivity index (χ3v) is 14.0. The van der Waals surface area contributed by atoms with Gasteiger partial charge in [-0.1, -0.05) is 6.92 Å². The first-order chi connectivity index (χ1) is 24.0. The molecule has 2 amide bonds. The smallest absolute Gasteiger partial charge is 0.221 e. The summed E-state index contributed by atoms with van der Waals surface area (Å²) in [6.07, 6.45) is 9.10. The van der Waals surface area contributed by atoms with Gasteiger partial charge in [-0.2, -0.15) is 0 Å². The van der Waals surface area contributed by atoms with Crippen LogP contribution >= 0.6 is 45.3 Å². The van der Waals surface area contributed by atoms with Crippen molar-refractivity contribution in [3.63, 3.8) is 0 Å². The topological polar surface area (TPSA) is 125 Å². The number of hydrogen-bond acceptors (Lipinski definition) is 12. The Morgan fingerprint density at radius 3 is 1.82 bits per heavy atom. The molecule has 50 heavy (non-hydrogen) atoms. The van der Waals surface area contributed by atoms with Gasteiger partial charge in [0.2, 0.25) is 11.8 Å². The van der Waals surface area contributed by atoms with Crippen molar-refractivity contribution in [3.8, 4) is 21.1 Å². The lowest BCUT2D eigenvalue weighted by molar-refractivity contribution is -0.115. The van der Waals surface area contributed by atoms with E-state index in [2.05, 4.69) is 65.4 Å². The summed E-state index contributed by atoms with van der Waals surface area (Å²) in [5.41, 5.74) is 6.67. The van der Waals surface area contributed by atoms with Crippen molar-refractivity contribution in [2.75, 3.05) is 17.2 Å². The van der Waals surface area contributed by atoms with E-state index in [-0.39, 0.29) is 17.9 Å². The first-order valence-electron chi connectivity index (χ1n) is 16.8. The van der Waals surface area contributed by atoms with E-state index in [1.54, 1.807) is 84.0 Å². The molecule has 0 saturated carbocycles. The van der Waals surface area contributed by atoms with Gasteiger partial charge in [0.05, 0.1) is 21.8 Å². The third kappa shape index (κ3) is 6.60. The van der Waals surface area contributed by atoms with E-state index in [1.165, 1.54) is 20.9 Å². The van der Waals surface area contributed by atoms with Gasteiger partial charge in [0, 0.05) is 71.3 Å². The van der Waals surface area contributed by atoms with Gasteiger partial charge in [0.15, 0.2) is 0 Å². The van der Waals surface area contributed by atoms with Crippen molar-refractivity contribution in [3.05, 3.63) is 57.8 Å². The Morgan fingerprint density at radius 2 is 1.32 bits per heavy atom. The third-order valence-electron chi connectivity index (χ3n) is 9.21. The summed E-state index contributed by atoms with van der Waals surface area (Å²) in [6, 6.07) is 5.49. The van der Waals surface area contributed by atoms with Crippen LogP contribution in [0.15, 0.2) is 36.9 Å². The molecule has 0 fully saturated rings. The molecule has 0 saturated heterocycles. The average Bonchev–Trinajstić information content (AvgIpc) is 3.83. The molecule has 4 unspecified atom stereocenters. The molecule has 0 aliphatic carbocycles. The van der Waals surface area contributed by atoms with E-state index in [4.69, 9.17) is 9.97 Å². The van der Waals surface area contributed by atoms with Crippen molar-refractivity contribution in [1.82, 2.24) is 30.2 Å². The molecule has 10 nitrogen and oxygen atoms in total. The van der Waals surface area contributed by atoms with Crippen LogP contribution in [0.5, 0.6) is 0 Å². The fourth-order valence-corrected chi connectivity index (χ4v) is 12.0. The molecule has 6 aromatic rings. The number of fused-ring (bicyclic) bond motifs is 4. The molecule has 4 atom stereocenters. The molecule has 14 heteroatoms. The van der Waals surface area contributed by atoms with Crippen LogP contribution in [0.4, 0.5) is 10.0 Å². The monoisotopic (exact) mass is 744 g/mol. The molecule has 3 N–H and O–H groups in total. The maximum Gasteiger partial charge on any atom is 0.221 e. The summed E-state index contributed by atoms with van der Waals surface area (Å²) >= 11 is 6.69. The van der Waals surface area contributed by atoms with Crippen molar-refractivity contribution < 1.29 is 9.59 Å². The van der Waals surface area contributed by atoms with Crippen LogP contribution in [0.1, 0.15) is 81.4 Å². The minimum absolute atomic E-state index is 0.0410. The lowest BCUT2D eigenvalue weighted by Crippen LogP contribution is -2.40. The summed E-state index contributed by atoms with van der Waals surface area (Å²) in [7, 11) is 0. The number of rotatable bonds is 5. The number of nitrogens with one attached hydrogen (secondary N) is 3. The highest BCUT2D eigenvalue weighted by molar-refractivity contribution is 7.23. The van der Waals surface area contributed by atoms with E-state index in [0.717, 1.165) is 71.0 Å². The molecular formula is C36H40N8O2S4. The number of pyridine rings is 2. The van der Waals surface area contributed by atoms with Crippen LogP contribution in [0, 0.1) is 0 Å². The second-order valence-electron chi connectivity index (χ2n) is 12.9. The Hall–Kier alpha value is -3.66. The van der Waals surface area contributed by atoms with Gasteiger partial charge in [0.1, 0.15) is 31.1 Å². The number of thiophene rings is 2. The number of carbonyl (C=O) groups is 2. The molecule has 2 aliphatic rings. The van der Waals surface area contributed by atoms with Gasteiger partial charge in [0.25, 0.3) is 0 Å². The van der Waals surface area contributed by atoms with Gasteiger partial charge in [-0.15, -0.1) is 45.3 Å². The quantitative estimate of drug-likeness (QED) is 0.160. The zero-order valence-corrected chi connectivity index (χ0v) is 32.3. The van der Waals surface area contributed by atoms with Gasteiger partial charge >= 0.3 is 0 Å². The predicted molar refractivity (Wildman–Crippen MR) is 209 cm³/mol. The Kier molecular flexibility index (Phi) is 9.85. The van der Waals surface area contributed by atoms with Crippen LogP contribution in [0.2, 0.25) is 0 Å². The largest absolute Gasteiger partial charge is 0.317 e. The fraction of sp³-hybridized carbons (Fsp3) is 0.389. The van der Waals surface area contributed by atoms with Gasteiger partial charge in [-0.05, 0) is 70.3 Å². The maximum atomic E-state index is 11.8. The molecule has 8 rings (SSSR count). The molecule has 260 valence electrons. The minimum Gasteiger partial charge on any atom is -0.317 e. The first kappa shape index (κ1) is 34.8. The van der Waals surface area contributed by atoms with E-state index in [9.17, 15) is 9.59 Å². The van der Waals surface area contributed by atoms with Crippen molar-refractivity contribution in [1.29, 1.82) is 0 Å². The standard InChI is InChI=1S/C19H22N4OS2.C17H18N4OS2/c1-5-23-10(2)8-13-16(18(21-12(4)24)26-17(13)11(23)3)19-22-14-9-20-7-6-15(14)25-19;1-8-6-11-14(17-21-12-7-18-5-4-13(12)23-17)16(20-10(3)22)24-15(11)9(2)19-8/h6-7,9-11H,5,8H2,1-4H3,(H,21,24);4-5,7-9,19H,6H2,1-3H3,(H,20,22). The molecule has 2 aliphatic heterocycles. The molecule has 6 aromatic heterocycles. The number of likely N-dealkylation sites (N-methyl/N-ethyl adjacent to an activating group) is 1. The number of amides is 2. The molecular weight excluding hydrogens is 705 g/mol. The Balaban J connectivity index is 0.000000157. The molecule has 0 radical (unpaired) electrons. The Labute approximate surface area is 307 Å². The van der Waals surface area contributed by atoms with Gasteiger partial charge in [-0.25, -0.2) is 9.97 Å².